The zero-order valence-electron chi connectivity index (χ0n) is 16.7. The molecule has 7 nitrogen and oxygen atoms in total. The Morgan fingerprint density at radius 3 is 2.72 bits per heavy atom. The molecule has 0 radical (unpaired) electrons. The number of hydrogen-bond acceptors (Lipinski definition) is 4. The average molecular weight is 411 g/mol. The van der Waals surface area contributed by atoms with Gasteiger partial charge in [0.2, 0.25) is 0 Å². The third-order valence-corrected chi connectivity index (χ3v) is 5.14. The lowest BCUT2D eigenvalue weighted by atomic mass is 10.2. The Labute approximate surface area is 173 Å². The Bertz CT molecular complexity index is 1190. The van der Waals surface area contributed by atoms with E-state index in [1.54, 1.807) is 0 Å². The average Bonchev–Trinajstić information content (AvgIpc) is 3.22. The first-order chi connectivity index (χ1) is 13.9. The van der Waals surface area contributed by atoms with Crippen LogP contribution in [0, 0.1) is 6.92 Å². The van der Waals surface area contributed by atoms with E-state index in [-0.39, 0.29) is 5.91 Å². The second-order valence-corrected chi connectivity index (χ2v) is 7.79. The Kier molecular flexibility index (Phi) is 5.25. The van der Waals surface area contributed by atoms with Gasteiger partial charge in [0.1, 0.15) is 11.5 Å². The van der Waals surface area contributed by atoms with Crippen LogP contribution >= 0.6 is 11.6 Å². The summed E-state index contributed by atoms with van der Waals surface area (Å²) in [5.41, 5.74) is 4.23. The first-order valence-corrected chi connectivity index (χ1v) is 9.83. The van der Waals surface area contributed by atoms with Crippen molar-refractivity contribution < 1.29 is 4.79 Å². The van der Waals surface area contributed by atoms with Crippen molar-refractivity contribution in [1.82, 2.24) is 29.4 Å². The number of benzene rings is 1. The van der Waals surface area contributed by atoms with Crippen LogP contribution in [-0.2, 0) is 6.54 Å². The maximum Gasteiger partial charge on any atom is 0.268 e. The summed E-state index contributed by atoms with van der Waals surface area (Å²) in [5.74, 6) is 0.675. The van der Waals surface area contributed by atoms with Crippen LogP contribution in [0.15, 0.2) is 42.5 Å². The first kappa shape index (κ1) is 19.4. The lowest BCUT2D eigenvalue weighted by molar-refractivity contribution is 0.0942. The summed E-state index contributed by atoms with van der Waals surface area (Å²) in [6, 6.07) is 13.5. The van der Waals surface area contributed by atoms with Crippen LogP contribution in [0.4, 0.5) is 0 Å². The van der Waals surface area contributed by atoms with E-state index in [4.69, 9.17) is 11.6 Å². The summed E-state index contributed by atoms with van der Waals surface area (Å²) < 4.78 is 3.99. The molecule has 0 spiro atoms. The number of nitrogens with one attached hydrogen (secondary N) is 1. The lowest BCUT2D eigenvalue weighted by Crippen LogP contribution is -2.32. The van der Waals surface area contributed by atoms with Crippen LogP contribution in [0.3, 0.4) is 0 Å². The molecule has 0 unspecified atom stereocenters. The normalized spacial score (nSPS) is 11.6. The van der Waals surface area contributed by atoms with Gasteiger partial charge in [-0.25, -0.2) is 0 Å². The molecule has 0 saturated heterocycles. The number of hydrogen-bond donors (Lipinski definition) is 1. The number of halogens is 1. The zero-order valence-corrected chi connectivity index (χ0v) is 17.4. The van der Waals surface area contributed by atoms with Crippen molar-refractivity contribution in [2.75, 3.05) is 27.2 Å². The molecule has 0 bridgehead atoms. The second-order valence-electron chi connectivity index (χ2n) is 7.35. The minimum atomic E-state index is -0.107. The van der Waals surface area contributed by atoms with Crippen molar-refractivity contribution in [2.45, 2.75) is 13.5 Å². The largest absolute Gasteiger partial charge is 0.349 e. The molecular formula is C21H23ClN6O. The van der Waals surface area contributed by atoms with E-state index >= 15 is 0 Å². The maximum atomic E-state index is 13.0. The van der Waals surface area contributed by atoms with Gasteiger partial charge in [-0.1, -0.05) is 23.7 Å². The van der Waals surface area contributed by atoms with E-state index in [2.05, 4.69) is 15.5 Å². The van der Waals surface area contributed by atoms with E-state index in [1.165, 1.54) is 0 Å². The number of amides is 1. The van der Waals surface area contributed by atoms with Crippen LogP contribution < -0.4 is 5.32 Å². The number of rotatable bonds is 6. The standard InChI is InChI=1S/C21H23ClN6O/c1-14-24-25-20-8-7-17-18(28(14)20)12-19(21(29)23-9-10-26(2)3)27(17)13-15-5-4-6-16(22)11-15/h4-8,11-12H,9-10,13H2,1-3H3,(H,23,29). The molecule has 1 aromatic carbocycles. The summed E-state index contributed by atoms with van der Waals surface area (Å²) in [4.78, 5) is 15.0. The number of aryl methyl sites for hydroxylation is 1. The van der Waals surface area contributed by atoms with Gasteiger partial charge in [0.25, 0.3) is 5.91 Å². The molecule has 0 aliphatic rings. The smallest absolute Gasteiger partial charge is 0.268 e. The number of carbonyl (C=O) groups excluding carboxylic acids is 1. The minimum Gasteiger partial charge on any atom is -0.349 e. The number of pyridine rings is 1. The fourth-order valence-electron chi connectivity index (χ4n) is 3.50. The predicted octanol–water partition coefficient (Wildman–Crippen LogP) is 2.99. The molecule has 0 fully saturated rings. The van der Waals surface area contributed by atoms with Gasteiger partial charge in [-0.2, -0.15) is 0 Å². The molecular weight excluding hydrogens is 388 g/mol. The molecule has 1 amide bonds. The van der Waals surface area contributed by atoms with Gasteiger partial charge in [-0.3, -0.25) is 9.20 Å². The van der Waals surface area contributed by atoms with E-state index in [1.807, 2.05) is 77.4 Å². The van der Waals surface area contributed by atoms with Crippen LogP contribution in [0.2, 0.25) is 5.02 Å². The molecule has 0 aliphatic heterocycles. The Hall–Kier alpha value is -2.90. The molecule has 3 heterocycles. The molecule has 29 heavy (non-hydrogen) atoms. The third kappa shape index (κ3) is 3.83. The molecule has 0 saturated carbocycles. The fourth-order valence-corrected chi connectivity index (χ4v) is 3.71. The van der Waals surface area contributed by atoms with Crippen LogP contribution in [0.25, 0.3) is 16.7 Å². The molecule has 4 rings (SSSR count). The maximum absolute atomic E-state index is 13.0. The van der Waals surface area contributed by atoms with Gasteiger partial charge < -0.3 is 14.8 Å². The summed E-state index contributed by atoms with van der Waals surface area (Å²) in [5, 5.41) is 12.1. The minimum absolute atomic E-state index is 0.107. The number of carbonyl (C=O) groups is 1. The van der Waals surface area contributed by atoms with Crippen LogP contribution in [0.1, 0.15) is 21.9 Å². The van der Waals surface area contributed by atoms with Gasteiger partial charge in [0.05, 0.1) is 11.0 Å². The van der Waals surface area contributed by atoms with Crippen LogP contribution in [-0.4, -0.2) is 57.2 Å². The van der Waals surface area contributed by atoms with Gasteiger partial charge in [0.15, 0.2) is 5.65 Å². The van der Waals surface area contributed by atoms with Crippen LogP contribution in [0.5, 0.6) is 0 Å². The van der Waals surface area contributed by atoms with Gasteiger partial charge in [0, 0.05) is 24.7 Å². The van der Waals surface area contributed by atoms with Crippen molar-refractivity contribution in [3.63, 3.8) is 0 Å². The first-order valence-electron chi connectivity index (χ1n) is 9.45. The molecule has 0 atom stereocenters. The third-order valence-electron chi connectivity index (χ3n) is 4.91. The Morgan fingerprint density at radius 1 is 1.14 bits per heavy atom. The summed E-state index contributed by atoms with van der Waals surface area (Å²) in [6.45, 7) is 3.79. The highest BCUT2D eigenvalue weighted by molar-refractivity contribution is 6.30. The van der Waals surface area contributed by atoms with Crippen molar-refractivity contribution in [1.29, 1.82) is 0 Å². The highest BCUT2D eigenvalue weighted by atomic mass is 35.5. The van der Waals surface area contributed by atoms with Crippen molar-refractivity contribution in [3.05, 3.63) is 64.6 Å². The molecule has 3 aromatic heterocycles. The van der Waals surface area contributed by atoms with Gasteiger partial charge in [-0.05, 0) is 56.9 Å². The van der Waals surface area contributed by atoms with E-state index < -0.39 is 0 Å². The highest BCUT2D eigenvalue weighted by Crippen LogP contribution is 2.24. The quantitative estimate of drug-likeness (QED) is 0.530. The van der Waals surface area contributed by atoms with Crippen molar-refractivity contribution >= 4 is 34.2 Å². The second kappa shape index (κ2) is 7.85. The number of likely N-dealkylation sites (N-methyl/N-ethyl adjacent to an activating group) is 1. The highest BCUT2D eigenvalue weighted by Gasteiger charge is 2.19. The summed E-state index contributed by atoms with van der Waals surface area (Å²) >= 11 is 6.17. The fraction of sp³-hybridized carbons (Fsp3) is 0.286. The molecule has 4 aromatic rings. The van der Waals surface area contributed by atoms with Gasteiger partial charge in [-0.15, -0.1) is 10.2 Å². The molecule has 150 valence electrons. The predicted molar refractivity (Wildman–Crippen MR) is 115 cm³/mol. The zero-order chi connectivity index (χ0) is 20.5. The van der Waals surface area contributed by atoms with E-state index in [9.17, 15) is 4.79 Å². The monoisotopic (exact) mass is 410 g/mol. The topological polar surface area (TPSA) is 67.5 Å². The molecule has 0 aliphatic carbocycles. The molecule has 1 N–H and O–H groups in total. The Morgan fingerprint density at radius 2 is 1.97 bits per heavy atom. The summed E-state index contributed by atoms with van der Waals surface area (Å²) in [6.07, 6.45) is 0. The lowest BCUT2D eigenvalue weighted by Gasteiger charge is -2.13. The SMILES string of the molecule is Cc1nnc2ccc3c(cc(C(=O)NCCN(C)C)n3Cc3cccc(Cl)c3)n12. The number of fused-ring (bicyclic) bond motifs is 3. The number of aromatic nitrogens is 4. The summed E-state index contributed by atoms with van der Waals surface area (Å²) in [7, 11) is 3.96. The van der Waals surface area contributed by atoms with E-state index in [0.29, 0.717) is 23.8 Å². The van der Waals surface area contributed by atoms with Crippen molar-refractivity contribution in [2.24, 2.45) is 0 Å². The molecule has 8 heteroatoms. The van der Waals surface area contributed by atoms with E-state index in [0.717, 1.165) is 34.6 Å². The van der Waals surface area contributed by atoms with Crippen molar-refractivity contribution in [3.8, 4) is 0 Å². The Balaban J connectivity index is 1.82. The van der Waals surface area contributed by atoms with Gasteiger partial charge >= 0.3 is 0 Å². The number of nitrogens with zero attached hydrogens (tertiary/aromatic N) is 5.